The number of ether oxygens (including phenoxy) is 1. The molecule has 1 aliphatic carbocycles. The molecular weight excluding hydrogens is 264 g/mol. The first-order valence-corrected chi connectivity index (χ1v) is 7.45. The Bertz CT molecular complexity index is 737. The zero-order valence-corrected chi connectivity index (χ0v) is 12.2. The lowest BCUT2D eigenvalue weighted by Crippen LogP contribution is -2.10. The molecule has 108 valence electrons. The van der Waals surface area contributed by atoms with Gasteiger partial charge in [0.2, 0.25) is 0 Å². The van der Waals surface area contributed by atoms with Crippen molar-refractivity contribution in [2.45, 2.75) is 39.2 Å². The highest BCUT2D eigenvalue weighted by molar-refractivity contribution is 5.91. The van der Waals surface area contributed by atoms with Gasteiger partial charge in [-0.05, 0) is 43.9 Å². The molecule has 1 aliphatic rings. The number of hydrogen-bond acceptors (Lipinski definition) is 3. The maximum atomic E-state index is 11.6. The molecule has 0 bridgehead atoms. The van der Waals surface area contributed by atoms with Gasteiger partial charge in [-0.2, -0.15) is 5.26 Å². The highest BCUT2D eigenvalue weighted by atomic mass is 16.5. The third-order valence-electron chi connectivity index (χ3n) is 4.11. The monoisotopic (exact) mass is 282 g/mol. The lowest BCUT2D eigenvalue weighted by Gasteiger charge is -2.09. The van der Waals surface area contributed by atoms with E-state index in [2.05, 4.69) is 10.6 Å². The first-order chi connectivity index (χ1) is 10.3. The Hall–Kier alpha value is -2.28. The van der Waals surface area contributed by atoms with Crippen molar-refractivity contribution in [2.75, 3.05) is 6.61 Å². The quantitative estimate of drug-likeness (QED) is 0.810. The van der Waals surface area contributed by atoms with Crippen LogP contribution in [0.2, 0.25) is 0 Å². The normalized spacial score (nSPS) is 13.1. The molecule has 1 aromatic heterocycles. The smallest absolute Gasteiger partial charge is 0.307 e. The lowest BCUT2D eigenvalue weighted by atomic mass is 10.1. The highest BCUT2D eigenvalue weighted by Crippen LogP contribution is 2.35. The number of nitrogens with zero attached hydrogens (tertiary/aromatic N) is 2. The molecule has 0 unspecified atom stereocenters. The molecule has 21 heavy (non-hydrogen) atoms. The average molecular weight is 282 g/mol. The van der Waals surface area contributed by atoms with Gasteiger partial charge >= 0.3 is 5.97 Å². The van der Waals surface area contributed by atoms with Gasteiger partial charge in [0.1, 0.15) is 0 Å². The van der Waals surface area contributed by atoms with E-state index < -0.39 is 0 Å². The number of carbonyl (C=O) groups is 1. The Morgan fingerprint density at radius 1 is 1.43 bits per heavy atom. The van der Waals surface area contributed by atoms with Crippen LogP contribution in [0.5, 0.6) is 0 Å². The number of fused-ring (bicyclic) bond motifs is 3. The Balaban J connectivity index is 2.03. The van der Waals surface area contributed by atoms with Crippen LogP contribution in [0.1, 0.15) is 36.6 Å². The molecule has 1 heterocycles. The first-order valence-electron chi connectivity index (χ1n) is 7.45. The molecule has 0 spiro atoms. The van der Waals surface area contributed by atoms with Crippen molar-refractivity contribution in [3.05, 3.63) is 35.0 Å². The summed E-state index contributed by atoms with van der Waals surface area (Å²) in [5.41, 5.74) is 4.39. The van der Waals surface area contributed by atoms with E-state index in [1.54, 1.807) is 0 Å². The van der Waals surface area contributed by atoms with E-state index in [-0.39, 0.29) is 5.97 Å². The molecule has 4 heteroatoms. The van der Waals surface area contributed by atoms with Crippen LogP contribution in [0.25, 0.3) is 10.9 Å². The van der Waals surface area contributed by atoms with Gasteiger partial charge in [-0.25, -0.2) is 0 Å². The highest BCUT2D eigenvalue weighted by Gasteiger charge is 2.23. The molecule has 2 aromatic rings. The van der Waals surface area contributed by atoms with E-state index in [4.69, 9.17) is 4.74 Å². The van der Waals surface area contributed by atoms with Gasteiger partial charge in [0.15, 0.2) is 0 Å². The molecule has 0 aliphatic heterocycles. The average Bonchev–Trinajstić information content (AvgIpc) is 3.06. The Morgan fingerprint density at radius 3 is 3.05 bits per heavy atom. The van der Waals surface area contributed by atoms with Crippen molar-refractivity contribution >= 4 is 16.9 Å². The molecule has 3 rings (SSSR count). The van der Waals surface area contributed by atoms with E-state index >= 15 is 0 Å². The van der Waals surface area contributed by atoms with E-state index in [9.17, 15) is 10.1 Å². The lowest BCUT2D eigenvalue weighted by molar-refractivity contribution is -0.143. The van der Waals surface area contributed by atoms with Crippen LogP contribution >= 0.6 is 0 Å². The van der Waals surface area contributed by atoms with Crippen LogP contribution in [0.15, 0.2) is 18.2 Å². The summed E-state index contributed by atoms with van der Waals surface area (Å²) >= 11 is 0. The minimum absolute atomic E-state index is 0.164. The van der Waals surface area contributed by atoms with Crippen molar-refractivity contribution in [1.29, 1.82) is 5.26 Å². The van der Waals surface area contributed by atoms with Gasteiger partial charge in [-0.15, -0.1) is 0 Å². The SMILES string of the molecule is CCOC(=O)CCn1c2c(c3c(C#N)cccc31)CCC2. The second kappa shape index (κ2) is 5.61. The number of esters is 1. The molecule has 0 amide bonds. The first kappa shape index (κ1) is 13.7. The Morgan fingerprint density at radius 2 is 2.29 bits per heavy atom. The van der Waals surface area contributed by atoms with Gasteiger partial charge in [0.25, 0.3) is 0 Å². The zero-order valence-electron chi connectivity index (χ0n) is 12.2. The second-order valence-corrected chi connectivity index (χ2v) is 5.30. The Kier molecular flexibility index (Phi) is 3.66. The maximum Gasteiger partial charge on any atom is 0.307 e. The van der Waals surface area contributed by atoms with Gasteiger partial charge in [0, 0.05) is 23.1 Å². The molecule has 0 atom stereocenters. The van der Waals surface area contributed by atoms with Crippen LogP contribution in [-0.2, 0) is 28.9 Å². The van der Waals surface area contributed by atoms with Crippen LogP contribution in [0.4, 0.5) is 0 Å². The molecule has 1 aromatic carbocycles. The van der Waals surface area contributed by atoms with Gasteiger partial charge in [-0.3, -0.25) is 4.79 Å². The number of benzene rings is 1. The summed E-state index contributed by atoms with van der Waals surface area (Å²) in [5, 5.41) is 10.4. The van der Waals surface area contributed by atoms with Crippen molar-refractivity contribution in [3.8, 4) is 6.07 Å². The van der Waals surface area contributed by atoms with E-state index in [0.29, 0.717) is 19.6 Å². The number of hydrogen-bond donors (Lipinski definition) is 0. The van der Waals surface area contributed by atoms with Crippen molar-refractivity contribution in [1.82, 2.24) is 4.57 Å². The number of aromatic nitrogens is 1. The maximum absolute atomic E-state index is 11.6. The third kappa shape index (κ3) is 2.29. The van der Waals surface area contributed by atoms with E-state index in [0.717, 1.165) is 35.7 Å². The molecule has 0 fully saturated rings. The summed E-state index contributed by atoms with van der Waals surface area (Å²) in [6, 6.07) is 8.12. The summed E-state index contributed by atoms with van der Waals surface area (Å²) in [5.74, 6) is -0.164. The minimum Gasteiger partial charge on any atom is -0.466 e. The van der Waals surface area contributed by atoms with Crippen LogP contribution in [0, 0.1) is 11.3 Å². The van der Waals surface area contributed by atoms with Gasteiger partial charge in [0.05, 0.1) is 24.7 Å². The summed E-state index contributed by atoms with van der Waals surface area (Å²) in [6.07, 6.45) is 3.55. The third-order valence-corrected chi connectivity index (χ3v) is 4.11. The van der Waals surface area contributed by atoms with Crippen molar-refractivity contribution < 1.29 is 9.53 Å². The van der Waals surface area contributed by atoms with Crippen molar-refractivity contribution in [3.63, 3.8) is 0 Å². The van der Waals surface area contributed by atoms with Gasteiger partial charge in [-0.1, -0.05) is 6.07 Å². The van der Waals surface area contributed by atoms with Crippen molar-refractivity contribution in [2.24, 2.45) is 0 Å². The van der Waals surface area contributed by atoms with E-state index in [1.807, 2.05) is 25.1 Å². The largest absolute Gasteiger partial charge is 0.466 e. The van der Waals surface area contributed by atoms with E-state index in [1.165, 1.54) is 11.3 Å². The van der Waals surface area contributed by atoms with Gasteiger partial charge < -0.3 is 9.30 Å². The number of aryl methyl sites for hydroxylation is 2. The number of nitriles is 1. The topological polar surface area (TPSA) is 55.0 Å². The summed E-state index contributed by atoms with van der Waals surface area (Å²) in [4.78, 5) is 11.6. The van der Waals surface area contributed by atoms with Crippen LogP contribution in [-0.4, -0.2) is 17.1 Å². The second-order valence-electron chi connectivity index (χ2n) is 5.30. The Labute approximate surface area is 123 Å². The molecule has 0 saturated heterocycles. The number of carbonyl (C=O) groups excluding carboxylic acids is 1. The molecular formula is C17H18N2O2. The summed E-state index contributed by atoms with van der Waals surface area (Å²) in [7, 11) is 0. The van der Waals surface area contributed by atoms with Crippen LogP contribution in [0.3, 0.4) is 0 Å². The predicted octanol–water partition coefficient (Wildman–Crippen LogP) is 2.95. The predicted molar refractivity (Wildman–Crippen MR) is 79.9 cm³/mol. The van der Waals surface area contributed by atoms with Crippen LogP contribution < -0.4 is 0 Å². The molecule has 4 nitrogen and oxygen atoms in total. The molecule has 0 radical (unpaired) electrons. The zero-order chi connectivity index (χ0) is 14.8. The standard InChI is InChI=1S/C17H18N2O2/c1-2-21-16(20)9-10-19-14-7-4-6-13(14)17-12(11-18)5-3-8-15(17)19/h3,5,8H,2,4,6-7,9-10H2,1H3. The minimum atomic E-state index is -0.164. The number of rotatable bonds is 4. The summed E-state index contributed by atoms with van der Waals surface area (Å²) in [6.45, 7) is 2.86. The summed E-state index contributed by atoms with van der Waals surface area (Å²) < 4.78 is 7.22. The fraction of sp³-hybridized carbons (Fsp3) is 0.412. The fourth-order valence-corrected chi connectivity index (χ4v) is 3.31. The fourth-order valence-electron chi connectivity index (χ4n) is 3.31. The molecule has 0 saturated carbocycles. The molecule has 0 N–H and O–H groups in total.